The maximum atomic E-state index is 10.9. The zero-order valence-electron chi connectivity index (χ0n) is 8.46. The minimum atomic E-state index is -0.582. The van der Waals surface area contributed by atoms with Crippen molar-refractivity contribution < 1.29 is 9.21 Å². The van der Waals surface area contributed by atoms with Crippen molar-refractivity contribution in [3.05, 3.63) is 46.1 Å². The number of furan rings is 1. The molecule has 0 spiro atoms. The number of aryl methyl sites for hydroxylation is 1. The molecule has 0 bridgehead atoms. The van der Waals surface area contributed by atoms with Crippen molar-refractivity contribution in [2.24, 2.45) is 0 Å². The molecule has 0 fully saturated rings. The van der Waals surface area contributed by atoms with E-state index in [4.69, 9.17) is 16.0 Å². The smallest absolute Gasteiger partial charge is 0.287 e. The van der Waals surface area contributed by atoms with Gasteiger partial charge in [0.2, 0.25) is 0 Å². The predicted octanol–water partition coefficient (Wildman–Crippen LogP) is 4.40. The van der Waals surface area contributed by atoms with Crippen molar-refractivity contribution in [2.75, 3.05) is 0 Å². The summed E-state index contributed by atoms with van der Waals surface area (Å²) >= 11 is 8.72. The second-order valence-electron chi connectivity index (χ2n) is 3.40. The molecule has 2 nitrogen and oxygen atoms in total. The van der Waals surface area contributed by atoms with Crippen LogP contribution in [0.25, 0.3) is 11.3 Å². The Morgan fingerprint density at radius 2 is 2.06 bits per heavy atom. The van der Waals surface area contributed by atoms with Crippen LogP contribution in [0.2, 0.25) is 0 Å². The second-order valence-corrected chi connectivity index (χ2v) is 4.66. The highest BCUT2D eigenvalue weighted by Crippen LogP contribution is 2.28. The molecule has 2 rings (SSSR count). The van der Waals surface area contributed by atoms with Gasteiger partial charge in [-0.1, -0.05) is 15.9 Å². The zero-order chi connectivity index (χ0) is 11.7. The summed E-state index contributed by atoms with van der Waals surface area (Å²) in [5.74, 6) is 0.813. The SMILES string of the molecule is Cc1cc(Br)ccc1-c1ccc(C(=O)Cl)o1. The van der Waals surface area contributed by atoms with Crippen LogP contribution >= 0.6 is 27.5 Å². The third-order valence-corrected chi connectivity index (χ3v) is 2.93. The van der Waals surface area contributed by atoms with E-state index in [9.17, 15) is 4.79 Å². The number of benzene rings is 1. The molecule has 0 aliphatic rings. The molecule has 0 aliphatic carbocycles. The number of hydrogen-bond donors (Lipinski definition) is 0. The standard InChI is InChI=1S/C12H8BrClO2/c1-7-6-8(13)2-3-9(7)10-4-5-11(16-10)12(14)15/h2-6H,1H3. The fourth-order valence-corrected chi connectivity index (χ4v) is 2.07. The van der Waals surface area contributed by atoms with Crippen LogP contribution in [0, 0.1) is 6.92 Å². The summed E-state index contributed by atoms with van der Waals surface area (Å²) in [5.41, 5.74) is 2.02. The monoisotopic (exact) mass is 298 g/mol. The number of hydrogen-bond acceptors (Lipinski definition) is 2. The van der Waals surface area contributed by atoms with Crippen molar-refractivity contribution in [3.63, 3.8) is 0 Å². The van der Waals surface area contributed by atoms with Gasteiger partial charge < -0.3 is 4.42 Å². The third kappa shape index (κ3) is 2.20. The zero-order valence-corrected chi connectivity index (χ0v) is 10.8. The average molecular weight is 300 g/mol. The molecule has 82 valence electrons. The average Bonchev–Trinajstić information content (AvgIpc) is 2.66. The van der Waals surface area contributed by atoms with Gasteiger partial charge in [-0.15, -0.1) is 0 Å². The molecule has 0 N–H and O–H groups in total. The van der Waals surface area contributed by atoms with Crippen LogP contribution < -0.4 is 0 Å². The van der Waals surface area contributed by atoms with E-state index in [1.807, 2.05) is 25.1 Å². The summed E-state index contributed by atoms with van der Waals surface area (Å²) in [7, 11) is 0. The third-order valence-electron chi connectivity index (χ3n) is 2.25. The van der Waals surface area contributed by atoms with E-state index in [1.165, 1.54) is 0 Å². The summed E-state index contributed by atoms with van der Waals surface area (Å²) < 4.78 is 6.36. The number of carbonyl (C=O) groups is 1. The van der Waals surface area contributed by atoms with Gasteiger partial charge in [0, 0.05) is 10.0 Å². The molecule has 1 aromatic carbocycles. The highest BCUT2D eigenvalue weighted by Gasteiger charge is 2.11. The molecule has 0 atom stereocenters. The largest absolute Gasteiger partial charge is 0.452 e. The summed E-state index contributed by atoms with van der Waals surface area (Å²) in [6.45, 7) is 1.98. The van der Waals surface area contributed by atoms with Crippen molar-refractivity contribution in [3.8, 4) is 11.3 Å². The molecular formula is C12H8BrClO2. The van der Waals surface area contributed by atoms with Gasteiger partial charge in [0.25, 0.3) is 5.24 Å². The van der Waals surface area contributed by atoms with Crippen molar-refractivity contribution >= 4 is 32.8 Å². The highest BCUT2D eigenvalue weighted by atomic mass is 79.9. The lowest BCUT2D eigenvalue weighted by atomic mass is 10.1. The Hall–Kier alpha value is -1.06. The molecular weight excluding hydrogens is 291 g/mol. The van der Waals surface area contributed by atoms with Gasteiger partial charge in [-0.3, -0.25) is 4.79 Å². The molecule has 2 aromatic rings. The summed E-state index contributed by atoms with van der Waals surface area (Å²) in [6, 6.07) is 9.16. The predicted molar refractivity (Wildman–Crippen MR) is 66.8 cm³/mol. The Morgan fingerprint density at radius 1 is 1.31 bits per heavy atom. The molecule has 0 saturated carbocycles. The van der Waals surface area contributed by atoms with E-state index in [0.29, 0.717) is 5.76 Å². The topological polar surface area (TPSA) is 30.2 Å². The summed E-state index contributed by atoms with van der Waals surface area (Å²) in [5, 5.41) is -0.582. The quantitative estimate of drug-likeness (QED) is 0.770. The number of rotatable bonds is 2. The van der Waals surface area contributed by atoms with Crippen LogP contribution in [-0.4, -0.2) is 5.24 Å². The Bertz CT molecular complexity index is 546. The van der Waals surface area contributed by atoms with E-state index in [-0.39, 0.29) is 5.76 Å². The van der Waals surface area contributed by atoms with Gasteiger partial charge in [0.05, 0.1) is 0 Å². The molecule has 0 amide bonds. The molecule has 16 heavy (non-hydrogen) atoms. The minimum Gasteiger partial charge on any atom is -0.452 e. The normalized spacial score (nSPS) is 10.4. The van der Waals surface area contributed by atoms with Crippen molar-refractivity contribution in [2.45, 2.75) is 6.92 Å². The summed E-state index contributed by atoms with van der Waals surface area (Å²) in [4.78, 5) is 10.9. The summed E-state index contributed by atoms with van der Waals surface area (Å²) in [6.07, 6.45) is 0. The maximum absolute atomic E-state index is 10.9. The van der Waals surface area contributed by atoms with Crippen LogP contribution in [-0.2, 0) is 0 Å². The van der Waals surface area contributed by atoms with Crippen LogP contribution in [0.15, 0.2) is 39.2 Å². The first-order valence-corrected chi connectivity index (χ1v) is 5.81. The number of carbonyl (C=O) groups excluding carboxylic acids is 1. The second kappa shape index (κ2) is 4.44. The van der Waals surface area contributed by atoms with E-state index in [0.717, 1.165) is 15.6 Å². The number of halogens is 2. The van der Waals surface area contributed by atoms with E-state index in [2.05, 4.69) is 15.9 Å². The van der Waals surface area contributed by atoms with Gasteiger partial charge in [0.15, 0.2) is 5.76 Å². The van der Waals surface area contributed by atoms with E-state index >= 15 is 0 Å². The first-order valence-electron chi connectivity index (χ1n) is 4.64. The lowest BCUT2D eigenvalue weighted by Crippen LogP contribution is -1.83. The molecule has 0 aliphatic heterocycles. The van der Waals surface area contributed by atoms with Crippen LogP contribution in [0.4, 0.5) is 0 Å². The molecule has 0 saturated heterocycles. The van der Waals surface area contributed by atoms with Gasteiger partial charge >= 0.3 is 0 Å². The maximum Gasteiger partial charge on any atom is 0.287 e. The fourth-order valence-electron chi connectivity index (χ4n) is 1.49. The Balaban J connectivity index is 2.46. The van der Waals surface area contributed by atoms with Crippen molar-refractivity contribution in [1.29, 1.82) is 0 Å². The van der Waals surface area contributed by atoms with Gasteiger partial charge in [0.1, 0.15) is 5.76 Å². The highest BCUT2D eigenvalue weighted by molar-refractivity contribution is 9.10. The lowest BCUT2D eigenvalue weighted by molar-refractivity contribution is 0.105. The first-order chi connectivity index (χ1) is 7.58. The van der Waals surface area contributed by atoms with E-state index < -0.39 is 5.24 Å². The Morgan fingerprint density at radius 3 is 2.62 bits per heavy atom. The minimum absolute atomic E-state index is 0.166. The van der Waals surface area contributed by atoms with Gasteiger partial charge in [-0.05, 0) is 54.4 Å². The Kier molecular flexibility index (Phi) is 3.17. The van der Waals surface area contributed by atoms with Crippen LogP contribution in [0.3, 0.4) is 0 Å². The molecule has 1 aromatic heterocycles. The van der Waals surface area contributed by atoms with Gasteiger partial charge in [-0.2, -0.15) is 0 Å². The fraction of sp³-hybridized carbons (Fsp3) is 0.0833. The first kappa shape index (κ1) is 11.4. The molecule has 0 unspecified atom stereocenters. The molecule has 4 heteroatoms. The molecule has 1 heterocycles. The molecule has 0 radical (unpaired) electrons. The van der Waals surface area contributed by atoms with Crippen LogP contribution in [0.1, 0.15) is 16.1 Å². The van der Waals surface area contributed by atoms with Crippen LogP contribution in [0.5, 0.6) is 0 Å². The Labute approximate surface area is 106 Å². The van der Waals surface area contributed by atoms with E-state index in [1.54, 1.807) is 12.1 Å². The van der Waals surface area contributed by atoms with Gasteiger partial charge in [-0.25, -0.2) is 0 Å². The van der Waals surface area contributed by atoms with Crippen molar-refractivity contribution in [1.82, 2.24) is 0 Å². The lowest BCUT2D eigenvalue weighted by Gasteiger charge is -2.02.